The summed E-state index contributed by atoms with van der Waals surface area (Å²) in [4.78, 5) is 6.80. The van der Waals surface area contributed by atoms with Crippen molar-refractivity contribution in [2.75, 3.05) is 19.0 Å². The number of pyridine rings is 1. The van der Waals surface area contributed by atoms with Gasteiger partial charge in [-0.05, 0) is 43.8 Å². The van der Waals surface area contributed by atoms with E-state index in [0.29, 0.717) is 0 Å². The maximum Gasteiger partial charge on any atom is 0.0600 e. The van der Waals surface area contributed by atoms with E-state index >= 15 is 0 Å². The van der Waals surface area contributed by atoms with Gasteiger partial charge in [-0.1, -0.05) is 28.1 Å². The van der Waals surface area contributed by atoms with Gasteiger partial charge in [-0.25, -0.2) is 0 Å². The number of nitrogens with one attached hydrogen (secondary N) is 1. The summed E-state index contributed by atoms with van der Waals surface area (Å²) in [6.45, 7) is 3.68. The van der Waals surface area contributed by atoms with Crippen molar-refractivity contribution in [3.05, 3.63) is 57.8 Å². The fourth-order valence-electron chi connectivity index (χ4n) is 2.25. The van der Waals surface area contributed by atoms with Crippen LogP contribution in [0.3, 0.4) is 0 Å². The summed E-state index contributed by atoms with van der Waals surface area (Å²) in [7, 11) is 4.07. The Morgan fingerprint density at radius 3 is 2.75 bits per heavy atom. The minimum absolute atomic E-state index is 0.800. The molecule has 4 heteroatoms. The zero-order valence-electron chi connectivity index (χ0n) is 12.2. The Bertz CT molecular complexity index is 584. The topological polar surface area (TPSA) is 28.2 Å². The van der Waals surface area contributed by atoms with Gasteiger partial charge in [-0.15, -0.1) is 0 Å². The number of nitrogens with zero attached hydrogens (tertiary/aromatic N) is 2. The minimum Gasteiger partial charge on any atom is -0.368 e. The van der Waals surface area contributed by atoms with Crippen molar-refractivity contribution in [3.8, 4) is 0 Å². The van der Waals surface area contributed by atoms with Gasteiger partial charge < -0.3 is 10.2 Å². The third kappa shape index (κ3) is 3.81. The quantitative estimate of drug-likeness (QED) is 0.907. The van der Waals surface area contributed by atoms with Gasteiger partial charge in [0, 0.05) is 29.4 Å². The molecule has 0 amide bonds. The van der Waals surface area contributed by atoms with Crippen molar-refractivity contribution in [2.45, 2.75) is 20.0 Å². The van der Waals surface area contributed by atoms with Crippen LogP contribution in [0.5, 0.6) is 0 Å². The second-order valence-corrected chi connectivity index (χ2v) is 5.85. The molecular formula is C16H20BrN3. The van der Waals surface area contributed by atoms with Crippen LogP contribution in [0.4, 0.5) is 5.69 Å². The van der Waals surface area contributed by atoms with Gasteiger partial charge in [0.15, 0.2) is 0 Å². The zero-order valence-corrected chi connectivity index (χ0v) is 13.7. The van der Waals surface area contributed by atoms with Crippen LogP contribution >= 0.6 is 15.9 Å². The van der Waals surface area contributed by atoms with Crippen LogP contribution in [0, 0.1) is 6.92 Å². The van der Waals surface area contributed by atoms with Crippen LogP contribution in [0.25, 0.3) is 0 Å². The van der Waals surface area contributed by atoms with Gasteiger partial charge in [0.2, 0.25) is 0 Å². The van der Waals surface area contributed by atoms with Gasteiger partial charge in [-0.2, -0.15) is 0 Å². The molecule has 1 heterocycles. The van der Waals surface area contributed by atoms with Crippen molar-refractivity contribution in [1.29, 1.82) is 0 Å². The van der Waals surface area contributed by atoms with Crippen molar-refractivity contribution in [2.24, 2.45) is 0 Å². The van der Waals surface area contributed by atoms with Gasteiger partial charge in [0.1, 0.15) is 0 Å². The molecule has 0 radical (unpaired) electrons. The average Bonchev–Trinajstić information content (AvgIpc) is 2.41. The number of hydrogen-bond acceptors (Lipinski definition) is 3. The monoisotopic (exact) mass is 333 g/mol. The standard InChI is InChI=1S/C16H20BrN3/c1-12-5-4-6-15(19-12)11-20(3)16-9-14(17)8-7-13(16)10-18-2/h4-9,18H,10-11H2,1-3H3. The van der Waals surface area contributed by atoms with Gasteiger partial charge in [0.05, 0.1) is 12.2 Å². The fourth-order valence-corrected chi connectivity index (χ4v) is 2.60. The van der Waals surface area contributed by atoms with Crippen LogP contribution < -0.4 is 10.2 Å². The minimum atomic E-state index is 0.800. The molecule has 0 aliphatic heterocycles. The molecule has 106 valence electrons. The third-order valence-electron chi connectivity index (χ3n) is 3.17. The highest BCUT2D eigenvalue weighted by molar-refractivity contribution is 9.10. The molecule has 0 aliphatic carbocycles. The molecule has 2 aromatic rings. The van der Waals surface area contributed by atoms with Crippen molar-refractivity contribution >= 4 is 21.6 Å². The molecule has 0 saturated heterocycles. The van der Waals surface area contributed by atoms with E-state index in [1.807, 2.05) is 20.0 Å². The van der Waals surface area contributed by atoms with E-state index in [4.69, 9.17) is 0 Å². The van der Waals surface area contributed by atoms with E-state index in [1.165, 1.54) is 11.3 Å². The lowest BCUT2D eigenvalue weighted by atomic mass is 10.1. The second kappa shape index (κ2) is 6.86. The number of hydrogen-bond donors (Lipinski definition) is 1. The Kier molecular flexibility index (Phi) is 5.15. The molecule has 1 aromatic carbocycles. The number of anilines is 1. The maximum absolute atomic E-state index is 4.57. The first-order chi connectivity index (χ1) is 9.60. The first-order valence-electron chi connectivity index (χ1n) is 6.67. The van der Waals surface area contributed by atoms with Gasteiger partial charge in [0.25, 0.3) is 0 Å². The lowest BCUT2D eigenvalue weighted by Gasteiger charge is -2.22. The SMILES string of the molecule is CNCc1ccc(Br)cc1N(C)Cc1cccc(C)n1. The number of benzene rings is 1. The maximum atomic E-state index is 4.57. The lowest BCUT2D eigenvalue weighted by molar-refractivity contribution is 0.800. The first kappa shape index (κ1) is 15.0. The molecule has 0 fully saturated rings. The van der Waals surface area contributed by atoms with Gasteiger partial charge >= 0.3 is 0 Å². The highest BCUT2D eigenvalue weighted by atomic mass is 79.9. The van der Waals surface area contributed by atoms with E-state index in [9.17, 15) is 0 Å². The molecule has 0 bridgehead atoms. The molecule has 1 N–H and O–H groups in total. The highest BCUT2D eigenvalue weighted by Crippen LogP contribution is 2.25. The number of rotatable bonds is 5. The second-order valence-electron chi connectivity index (χ2n) is 4.93. The summed E-state index contributed by atoms with van der Waals surface area (Å²) in [5.74, 6) is 0. The number of aromatic nitrogens is 1. The molecular weight excluding hydrogens is 314 g/mol. The molecule has 0 spiro atoms. The Morgan fingerprint density at radius 1 is 1.25 bits per heavy atom. The highest BCUT2D eigenvalue weighted by Gasteiger charge is 2.09. The van der Waals surface area contributed by atoms with Crippen molar-refractivity contribution in [1.82, 2.24) is 10.3 Å². The van der Waals surface area contributed by atoms with Crippen LogP contribution in [0.2, 0.25) is 0 Å². The summed E-state index contributed by atoms with van der Waals surface area (Å²) < 4.78 is 1.09. The molecule has 3 nitrogen and oxygen atoms in total. The van der Waals surface area contributed by atoms with E-state index in [0.717, 1.165) is 29.0 Å². The van der Waals surface area contributed by atoms with Crippen molar-refractivity contribution < 1.29 is 0 Å². The molecule has 0 saturated carbocycles. The zero-order chi connectivity index (χ0) is 14.5. The van der Waals surface area contributed by atoms with E-state index in [2.05, 4.69) is 68.5 Å². The summed E-state index contributed by atoms with van der Waals surface area (Å²) in [5.41, 5.74) is 4.64. The molecule has 0 atom stereocenters. The van der Waals surface area contributed by atoms with Crippen LogP contribution in [0.1, 0.15) is 17.0 Å². The summed E-state index contributed by atoms with van der Waals surface area (Å²) in [6.07, 6.45) is 0. The van der Waals surface area contributed by atoms with E-state index in [1.54, 1.807) is 0 Å². The van der Waals surface area contributed by atoms with E-state index in [-0.39, 0.29) is 0 Å². The molecule has 20 heavy (non-hydrogen) atoms. The molecule has 2 rings (SSSR count). The molecule has 0 aliphatic rings. The normalized spacial score (nSPS) is 10.6. The largest absolute Gasteiger partial charge is 0.368 e. The summed E-state index contributed by atoms with van der Waals surface area (Å²) in [6, 6.07) is 12.5. The summed E-state index contributed by atoms with van der Waals surface area (Å²) >= 11 is 3.55. The Balaban J connectivity index is 2.23. The Morgan fingerprint density at radius 2 is 2.05 bits per heavy atom. The Labute approximate surface area is 129 Å². The van der Waals surface area contributed by atoms with Crippen LogP contribution in [-0.2, 0) is 13.1 Å². The lowest BCUT2D eigenvalue weighted by Crippen LogP contribution is -2.20. The first-order valence-corrected chi connectivity index (χ1v) is 7.46. The third-order valence-corrected chi connectivity index (χ3v) is 3.66. The summed E-state index contributed by atoms with van der Waals surface area (Å²) in [5, 5.41) is 3.21. The number of halogens is 1. The fraction of sp³-hybridized carbons (Fsp3) is 0.312. The Hall–Kier alpha value is -1.39. The molecule has 0 unspecified atom stereocenters. The van der Waals surface area contributed by atoms with E-state index < -0.39 is 0 Å². The van der Waals surface area contributed by atoms with Crippen molar-refractivity contribution in [3.63, 3.8) is 0 Å². The molecule has 1 aromatic heterocycles. The number of aryl methyl sites for hydroxylation is 1. The predicted octanol–water partition coefficient (Wildman–Crippen LogP) is 3.51. The van der Waals surface area contributed by atoms with Crippen LogP contribution in [0.15, 0.2) is 40.9 Å². The average molecular weight is 334 g/mol. The van der Waals surface area contributed by atoms with Gasteiger partial charge in [-0.3, -0.25) is 4.98 Å². The van der Waals surface area contributed by atoms with Crippen LogP contribution in [-0.4, -0.2) is 19.1 Å². The smallest absolute Gasteiger partial charge is 0.0600 e. The predicted molar refractivity (Wildman–Crippen MR) is 88.0 cm³/mol.